The van der Waals surface area contributed by atoms with E-state index in [1.165, 1.54) is 4.90 Å². The maximum atomic E-state index is 14.1. The molecule has 5 rings (SSSR count). The topological polar surface area (TPSA) is 70.5 Å². The van der Waals surface area contributed by atoms with Gasteiger partial charge < -0.3 is 15.1 Å². The molecule has 3 aromatic rings. The van der Waals surface area contributed by atoms with E-state index in [0.29, 0.717) is 24.2 Å². The minimum absolute atomic E-state index is 0.0259. The summed E-state index contributed by atoms with van der Waals surface area (Å²) in [5, 5.41) is 6.97. The van der Waals surface area contributed by atoms with Crippen LogP contribution in [0.2, 0.25) is 5.02 Å². The third-order valence-corrected chi connectivity index (χ3v) is 7.21. The zero-order chi connectivity index (χ0) is 26.3. The molecular formula is C26H25ClF3N5O2. The second-order valence-electron chi connectivity index (χ2n) is 9.31. The van der Waals surface area contributed by atoms with E-state index in [1.54, 1.807) is 41.3 Å². The van der Waals surface area contributed by atoms with Gasteiger partial charge >= 0.3 is 6.18 Å². The number of rotatable bonds is 3. The fourth-order valence-corrected chi connectivity index (χ4v) is 5.03. The maximum Gasteiger partial charge on any atom is 0.410 e. The molecule has 0 spiro atoms. The number of hydrogen-bond acceptors (Lipinski definition) is 4. The van der Waals surface area contributed by atoms with Crippen LogP contribution in [0.15, 0.2) is 54.6 Å². The SMILES string of the molecule is Cc1ccc([C@@H]2C[C@@H](C(F)(F)F)n3nc(C(=O)N4CCN(C(=O)c5ccccc5)CC4)c(Cl)c3N2)cc1. The normalized spacial score (nSPS) is 19.8. The fourth-order valence-electron chi connectivity index (χ4n) is 4.77. The number of hydrogen-bond donors (Lipinski definition) is 1. The monoisotopic (exact) mass is 531 g/mol. The standard InChI is InChI=1S/C26H25ClF3N5O2/c1-16-7-9-17(10-8-16)19-15-20(26(28,29)30)35-23(31-19)21(27)22(32-35)25(37)34-13-11-33(12-14-34)24(36)18-5-3-2-4-6-18/h2-10,19-20,31H,11-15H2,1H3/t19-,20-/m0/s1. The van der Waals surface area contributed by atoms with E-state index >= 15 is 0 Å². The zero-order valence-electron chi connectivity index (χ0n) is 20.0. The highest BCUT2D eigenvalue weighted by molar-refractivity contribution is 6.36. The summed E-state index contributed by atoms with van der Waals surface area (Å²) in [5.41, 5.74) is 2.01. The Hall–Kier alpha value is -3.53. The Labute approximate surface area is 216 Å². The quantitative estimate of drug-likeness (QED) is 0.510. The Bertz CT molecular complexity index is 1300. The van der Waals surface area contributed by atoms with Crippen molar-refractivity contribution in [2.24, 2.45) is 0 Å². The van der Waals surface area contributed by atoms with Gasteiger partial charge in [-0.3, -0.25) is 9.59 Å². The van der Waals surface area contributed by atoms with Crippen molar-refractivity contribution < 1.29 is 22.8 Å². The number of benzene rings is 2. The van der Waals surface area contributed by atoms with Gasteiger partial charge in [0.1, 0.15) is 10.8 Å². The first-order valence-electron chi connectivity index (χ1n) is 11.9. The van der Waals surface area contributed by atoms with E-state index in [9.17, 15) is 22.8 Å². The van der Waals surface area contributed by atoms with Gasteiger partial charge in [-0.1, -0.05) is 59.6 Å². The number of aromatic nitrogens is 2. The van der Waals surface area contributed by atoms with Crippen molar-refractivity contribution in [1.29, 1.82) is 0 Å². The average Bonchev–Trinajstić information content (AvgIpc) is 3.24. The van der Waals surface area contributed by atoms with Crippen molar-refractivity contribution >= 4 is 29.2 Å². The summed E-state index contributed by atoms with van der Waals surface area (Å²) in [4.78, 5) is 29.1. The minimum atomic E-state index is -4.58. The molecule has 0 aliphatic carbocycles. The molecule has 1 saturated heterocycles. The Morgan fingerprint density at radius 1 is 0.946 bits per heavy atom. The number of halogens is 4. The van der Waals surface area contributed by atoms with Gasteiger partial charge in [-0.2, -0.15) is 18.3 Å². The molecule has 0 saturated carbocycles. The average molecular weight is 532 g/mol. The van der Waals surface area contributed by atoms with Crippen molar-refractivity contribution in [3.05, 3.63) is 82.0 Å². The lowest BCUT2D eigenvalue weighted by atomic mass is 9.96. The first-order chi connectivity index (χ1) is 17.6. The number of aryl methyl sites for hydroxylation is 1. The summed E-state index contributed by atoms with van der Waals surface area (Å²) >= 11 is 6.48. The number of alkyl halides is 3. The van der Waals surface area contributed by atoms with Crippen molar-refractivity contribution in [3.8, 4) is 0 Å². The lowest BCUT2D eigenvalue weighted by Gasteiger charge is -2.34. The van der Waals surface area contributed by atoms with E-state index in [2.05, 4.69) is 10.4 Å². The molecule has 37 heavy (non-hydrogen) atoms. The molecule has 1 aromatic heterocycles. The molecule has 2 aliphatic rings. The summed E-state index contributed by atoms with van der Waals surface area (Å²) in [7, 11) is 0. The number of fused-ring (bicyclic) bond motifs is 1. The van der Waals surface area contributed by atoms with Crippen molar-refractivity contribution in [2.45, 2.75) is 31.6 Å². The van der Waals surface area contributed by atoms with E-state index < -0.39 is 24.2 Å². The highest BCUT2D eigenvalue weighted by atomic mass is 35.5. The summed E-state index contributed by atoms with van der Waals surface area (Å²) in [6.45, 7) is 2.93. The number of amides is 2. The molecule has 2 aliphatic heterocycles. The number of anilines is 1. The largest absolute Gasteiger partial charge is 0.410 e. The van der Waals surface area contributed by atoms with Crippen molar-refractivity contribution in [2.75, 3.05) is 31.5 Å². The maximum absolute atomic E-state index is 14.1. The molecular weight excluding hydrogens is 507 g/mol. The van der Waals surface area contributed by atoms with Crippen LogP contribution in [-0.4, -0.2) is 63.7 Å². The van der Waals surface area contributed by atoms with E-state index in [4.69, 9.17) is 11.6 Å². The van der Waals surface area contributed by atoms with Crippen LogP contribution in [0, 0.1) is 6.92 Å². The number of nitrogens with zero attached hydrogens (tertiary/aromatic N) is 4. The molecule has 0 bridgehead atoms. The van der Waals surface area contributed by atoms with Crippen LogP contribution in [0.5, 0.6) is 0 Å². The molecule has 194 valence electrons. The molecule has 3 heterocycles. The number of carbonyl (C=O) groups excluding carboxylic acids is 2. The third kappa shape index (κ3) is 4.90. The van der Waals surface area contributed by atoms with Gasteiger partial charge in [0, 0.05) is 38.2 Å². The Morgan fingerprint density at radius 3 is 2.14 bits per heavy atom. The Kier molecular flexibility index (Phi) is 6.61. The van der Waals surface area contributed by atoms with Gasteiger partial charge in [0.2, 0.25) is 0 Å². The number of piperazine rings is 1. The molecule has 1 N–H and O–H groups in total. The first-order valence-corrected chi connectivity index (χ1v) is 12.3. The second-order valence-corrected chi connectivity index (χ2v) is 9.68. The van der Waals surface area contributed by atoms with Crippen LogP contribution in [0.4, 0.5) is 19.0 Å². The minimum Gasteiger partial charge on any atom is -0.362 e. The smallest absolute Gasteiger partial charge is 0.362 e. The van der Waals surface area contributed by atoms with Crippen LogP contribution in [0.1, 0.15) is 50.5 Å². The van der Waals surface area contributed by atoms with Gasteiger partial charge in [-0.05, 0) is 24.6 Å². The lowest BCUT2D eigenvalue weighted by Crippen LogP contribution is -2.50. The predicted octanol–water partition coefficient (Wildman–Crippen LogP) is 5.10. The van der Waals surface area contributed by atoms with Gasteiger partial charge in [0.05, 0.1) is 6.04 Å². The van der Waals surface area contributed by atoms with Crippen LogP contribution in [0.25, 0.3) is 0 Å². The molecule has 0 radical (unpaired) electrons. The summed E-state index contributed by atoms with van der Waals surface area (Å²) in [6.07, 6.45) is -4.87. The number of nitrogens with one attached hydrogen (secondary N) is 1. The van der Waals surface area contributed by atoms with Crippen LogP contribution >= 0.6 is 11.6 Å². The second kappa shape index (κ2) is 9.74. The van der Waals surface area contributed by atoms with Gasteiger partial charge in [-0.25, -0.2) is 4.68 Å². The molecule has 0 unspecified atom stereocenters. The Morgan fingerprint density at radius 2 is 1.54 bits per heavy atom. The van der Waals surface area contributed by atoms with Gasteiger partial charge in [-0.15, -0.1) is 0 Å². The molecule has 11 heteroatoms. The number of carbonyl (C=O) groups is 2. The van der Waals surface area contributed by atoms with Crippen LogP contribution in [0.3, 0.4) is 0 Å². The molecule has 7 nitrogen and oxygen atoms in total. The van der Waals surface area contributed by atoms with Gasteiger partial charge in [0.15, 0.2) is 11.7 Å². The predicted molar refractivity (Wildman–Crippen MR) is 133 cm³/mol. The van der Waals surface area contributed by atoms with Crippen LogP contribution in [-0.2, 0) is 0 Å². The third-order valence-electron chi connectivity index (χ3n) is 6.85. The molecule has 2 aromatic carbocycles. The van der Waals surface area contributed by atoms with Crippen molar-refractivity contribution in [3.63, 3.8) is 0 Å². The summed E-state index contributed by atoms with van der Waals surface area (Å²) in [6, 6.07) is 13.5. The fraction of sp³-hybridized carbons (Fsp3) is 0.346. The highest BCUT2D eigenvalue weighted by Crippen LogP contribution is 2.46. The Balaban J connectivity index is 1.36. The van der Waals surface area contributed by atoms with Crippen LogP contribution < -0.4 is 5.32 Å². The van der Waals surface area contributed by atoms with Gasteiger partial charge in [0.25, 0.3) is 11.8 Å². The van der Waals surface area contributed by atoms with E-state index in [-0.39, 0.29) is 42.0 Å². The molecule has 2 amide bonds. The lowest BCUT2D eigenvalue weighted by molar-refractivity contribution is -0.173. The zero-order valence-corrected chi connectivity index (χ0v) is 20.8. The van der Waals surface area contributed by atoms with E-state index in [0.717, 1.165) is 10.2 Å². The summed E-state index contributed by atoms with van der Waals surface area (Å²) in [5.74, 6) is -0.724. The highest BCUT2D eigenvalue weighted by Gasteiger charge is 2.48. The van der Waals surface area contributed by atoms with E-state index in [1.807, 2.05) is 25.1 Å². The summed E-state index contributed by atoms with van der Waals surface area (Å²) < 4.78 is 43.0. The van der Waals surface area contributed by atoms with Crippen molar-refractivity contribution in [1.82, 2.24) is 19.6 Å². The first kappa shape index (κ1) is 25.1. The molecule has 1 fully saturated rings. The molecule has 2 atom stereocenters.